The molecule has 0 aliphatic carbocycles. The largest absolute Gasteiger partial charge is 0.318 e. The molecule has 0 unspecified atom stereocenters. The lowest BCUT2D eigenvalue weighted by atomic mass is 9.87. The van der Waals surface area contributed by atoms with Crippen molar-refractivity contribution in [2.24, 2.45) is 5.73 Å². The second-order valence-corrected chi connectivity index (χ2v) is 5.61. The van der Waals surface area contributed by atoms with Crippen LogP contribution in [0.1, 0.15) is 29.7 Å². The average molecular weight is 280 g/mol. The Hall–Kier alpha value is -2.13. The number of carbonyl (C=O) groups excluding carboxylic acids is 1. The third-order valence-corrected chi connectivity index (χ3v) is 4.15. The van der Waals surface area contributed by atoms with E-state index in [-0.39, 0.29) is 11.9 Å². The monoisotopic (exact) mass is 280 g/mol. The fraction of sp³-hybridized carbons (Fsp3) is 0.278. The van der Waals surface area contributed by atoms with E-state index < -0.39 is 6.04 Å². The minimum atomic E-state index is -0.446. The normalized spacial score (nSPS) is 21.3. The Morgan fingerprint density at radius 1 is 1.14 bits per heavy atom. The third-order valence-electron chi connectivity index (χ3n) is 4.15. The maximum atomic E-state index is 12.2. The maximum absolute atomic E-state index is 12.2. The lowest BCUT2D eigenvalue weighted by molar-refractivity contribution is -0.126. The first-order valence-corrected chi connectivity index (χ1v) is 7.36. The van der Waals surface area contributed by atoms with Gasteiger partial charge in [-0.05, 0) is 42.2 Å². The van der Waals surface area contributed by atoms with E-state index in [1.807, 2.05) is 31.2 Å². The van der Waals surface area contributed by atoms with Crippen molar-refractivity contribution >= 4 is 11.6 Å². The Kier molecular flexibility index (Phi) is 3.52. The van der Waals surface area contributed by atoms with Crippen molar-refractivity contribution in [1.29, 1.82) is 0 Å². The van der Waals surface area contributed by atoms with E-state index in [4.69, 9.17) is 5.73 Å². The van der Waals surface area contributed by atoms with Crippen LogP contribution in [-0.4, -0.2) is 11.9 Å². The molecule has 0 spiro atoms. The summed E-state index contributed by atoms with van der Waals surface area (Å²) in [6, 6.07) is 15.9. The lowest BCUT2D eigenvalue weighted by Gasteiger charge is -2.45. The smallest absolute Gasteiger partial charge is 0.247 e. The Bertz CT molecular complexity index is 663. The molecule has 2 N–H and O–H groups in total. The van der Waals surface area contributed by atoms with Gasteiger partial charge in [-0.2, -0.15) is 0 Å². The molecule has 1 heterocycles. The van der Waals surface area contributed by atoms with E-state index in [0.29, 0.717) is 0 Å². The van der Waals surface area contributed by atoms with Gasteiger partial charge in [0.1, 0.15) is 6.04 Å². The van der Waals surface area contributed by atoms with Crippen LogP contribution in [0, 0.1) is 6.92 Å². The Morgan fingerprint density at radius 3 is 2.48 bits per heavy atom. The zero-order chi connectivity index (χ0) is 15.0. The van der Waals surface area contributed by atoms with Crippen molar-refractivity contribution in [3.05, 3.63) is 65.2 Å². The van der Waals surface area contributed by atoms with E-state index in [9.17, 15) is 4.79 Å². The molecule has 2 aromatic rings. The van der Waals surface area contributed by atoms with Crippen molar-refractivity contribution in [3.8, 4) is 0 Å². The third kappa shape index (κ3) is 2.34. The van der Waals surface area contributed by atoms with Gasteiger partial charge in [0, 0.05) is 5.69 Å². The van der Waals surface area contributed by atoms with Crippen LogP contribution in [0.15, 0.2) is 48.5 Å². The van der Waals surface area contributed by atoms with E-state index in [1.54, 1.807) is 4.90 Å². The maximum Gasteiger partial charge on any atom is 0.247 e. The van der Waals surface area contributed by atoms with Crippen molar-refractivity contribution in [3.63, 3.8) is 0 Å². The number of anilines is 1. The number of β-lactam (4-membered cyclic amide) rings is 1. The highest BCUT2D eigenvalue weighted by Gasteiger charge is 2.46. The number of nitrogens with zero attached hydrogens (tertiary/aromatic N) is 1. The van der Waals surface area contributed by atoms with Crippen LogP contribution in [0.3, 0.4) is 0 Å². The number of nitrogens with two attached hydrogens (primary N) is 1. The van der Waals surface area contributed by atoms with Crippen LogP contribution in [-0.2, 0) is 11.2 Å². The number of hydrogen-bond acceptors (Lipinski definition) is 2. The summed E-state index contributed by atoms with van der Waals surface area (Å²) in [5.74, 6) is -0.00910. The van der Waals surface area contributed by atoms with Crippen LogP contribution in [0.4, 0.5) is 5.69 Å². The lowest BCUT2D eigenvalue weighted by Crippen LogP contribution is -2.63. The predicted octanol–water partition coefficient (Wildman–Crippen LogP) is 2.97. The summed E-state index contributed by atoms with van der Waals surface area (Å²) < 4.78 is 0. The number of aryl methyl sites for hydroxylation is 2. The van der Waals surface area contributed by atoms with Crippen LogP contribution in [0.2, 0.25) is 0 Å². The molecule has 2 aromatic carbocycles. The topological polar surface area (TPSA) is 46.3 Å². The van der Waals surface area contributed by atoms with E-state index in [0.717, 1.165) is 23.2 Å². The number of hydrogen-bond donors (Lipinski definition) is 1. The fourth-order valence-electron chi connectivity index (χ4n) is 2.88. The SMILES string of the molecule is CCc1ccc([C@H]2[C@H](N)C(=O)N2c2cccc(C)c2)cc1. The summed E-state index contributed by atoms with van der Waals surface area (Å²) in [7, 11) is 0. The van der Waals surface area contributed by atoms with Gasteiger partial charge in [-0.1, -0.05) is 43.3 Å². The van der Waals surface area contributed by atoms with Crippen LogP contribution >= 0.6 is 0 Å². The highest BCUT2D eigenvalue weighted by atomic mass is 16.2. The molecule has 3 rings (SSSR count). The van der Waals surface area contributed by atoms with Crippen molar-refractivity contribution in [2.45, 2.75) is 32.4 Å². The minimum absolute atomic E-state index is 0.00910. The first-order chi connectivity index (χ1) is 10.1. The summed E-state index contributed by atoms with van der Waals surface area (Å²) >= 11 is 0. The standard InChI is InChI=1S/C18H20N2O/c1-3-13-7-9-14(10-8-13)17-16(19)18(21)20(17)15-6-4-5-12(2)11-15/h4-11,16-17H,3,19H2,1-2H3/t16-,17-/m0/s1. The molecule has 2 atom stereocenters. The van der Waals surface area contributed by atoms with Gasteiger partial charge >= 0.3 is 0 Å². The molecule has 1 amide bonds. The van der Waals surface area contributed by atoms with Gasteiger partial charge in [-0.25, -0.2) is 0 Å². The molecule has 1 saturated heterocycles. The zero-order valence-electron chi connectivity index (χ0n) is 12.4. The first-order valence-electron chi connectivity index (χ1n) is 7.36. The number of carbonyl (C=O) groups is 1. The van der Waals surface area contributed by atoms with Gasteiger partial charge in [0.25, 0.3) is 0 Å². The second-order valence-electron chi connectivity index (χ2n) is 5.61. The van der Waals surface area contributed by atoms with Gasteiger partial charge in [0.2, 0.25) is 5.91 Å². The van der Waals surface area contributed by atoms with Crippen LogP contribution in [0.25, 0.3) is 0 Å². The molecule has 0 radical (unpaired) electrons. The average Bonchev–Trinajstić information content (AvgIpc) is 2.51. The second kappa shape index (κ2) is 5.34. The molecule has 0 saturated carbocycles. The molecule has 3 heteroatoms. The summed E-state index contributed by atoms with van der Waals surface area (Å²) in [5.41, 5.74) is 10.5. The molecule has 108 valence electrons. The summed E-state index contributed by atoms with van der Waals surface area (Å²) in [6.07, 6.45) is 1.01. The first kappa shape index (κ1) is 13.8. The number of benzene rings is 2. The van der Waals surface area contributed by atoms with Gasteiger partial charge in [0.15, 0.2) is 0 Å². The van der Waals surface area contributed by atoms with Gasteiger partial charge in [0.05, 0.1) is 6.04 Å². The van der Waals surface area contributed by atoms with E-state index in [2.05, 4.69) is 31.2 Å². The Balaban J connectivity index is 1.94. The van der Waals surface area contributed by atoms with Gasteiger partial charge < -0.3 is 10.6 Å². The molecule has 3 nitrogen and oxygen atoms in total. The number of rotatable bonds is 3. The highest BCUT2D eigenvalue weighted by Crippen LogP contribution is 2.38. The quantitative estimate of drug-likeness (QED) is 0.879. The molecular weight excluding hydrogens is 260 g/mol. The molecular formula is C18H20N2O. The fourth-order valence-corrected chi connectivity index (χ4v) is 2.88. The molecule has 0 bridgehead atoms. The molecule has 21 heavy (non-hydrogen) atoms. The van der Waals surface area contributed by atoms with Gasteiger partial charge in [-0.15, -0.1) is 0 Å². The summed E-state index contributed by atoms with van der Waals surface area (Å²) in [5, 5.41) is 0. The summed E-state index contributed by atoms with van der Waals surface area (Å²) in [6.45, 7) is 4.16. The van der Waals surface area contributed by atoms with E-state index in [1.165, 1.54) is 5.56 Å². The zero-order valence-corrected chi connectivity index (χ0v) is 12.4. The number of amides is 1. The Labute approximate surface area is 125 Å². The summed E-state index contributed by atoms with van der Waals surface area (Å²) in [4.78, 5) is 14.0. The van der Waals surface area contributed by atoms with Crippen LogP contribution < -0.4 is 10.6 Å². The van der Waals surface area contributed by atoms with Gasteiger partial charge in [-0.3, -0.25) is 4.79 Å². The van der Waals surface area contributed by atoms with Crippen molar-refractivity contribution in [1.82, 2.24) is 0 Å². The molecule has 1 fully saturated rings. The Morgan fingerprint density at radius 2 is 1.86 bits per heavy atom. The van der Waals surface area contributed by atoms with Crippen molar-refractivity contribution < 1.29 is 4.79 Å². The molecule has 0 aromatic heterocycles. The van der Waals surface area contributed by atoms with E-state index >= 15 is 0 Å². The highest BCUT2D eigenvalue weighted by molar-refractivity contribution is 6.05. The van der Waals surface area contributed by atoms with Crippen LogP contribution in [0.5, 0.6) is 0 Å². The minimum Gasteiger partial charge on any atom is -0.318 e. The van der Waals surface area contributed by atoms with Crippen molar-refractivity contribution in [2.75, 3.05) is 4.90 Å². The molecule has 1 aliphatic heterocycles. The molecule has 1 aliphatic rings. The predicted molar refractivity (Wildman–Crippen MR) is 85.2 cm³/mol.